The lowest BCUT2D eigenvalue weighted by atomic mass is 9.51. The second-order valence-electron chi connectivity index (χ2n) is 12.4. The lowest BCUT2D eigenvalue weighted by Gasteiger charge is -2.33. The van der Waals surface area contributed by atoms with Crippen LogP contribution < -0.4 is 20.3 Å². The van der Waals surface area contributed by atoms with E-state index >= 15 is 0 Å². The molecule has 0 atom stereocenters. The number of fused-ring (bicyclic) bond motifs is 10. The highest BCUT2D eigenvalue weighted by Gasteiger charge is 2.41. The van der Waals surface area contributed by atoms with Gasteiger partial charge in [0.05, 0.1) is 16.7 Å². The summed E-state index contributed by atoms with van der Waals surface area (Å²) in [5, 5.41) is 4.67. The molecule has 11 rings (SSSR count). The number of nitrogens with zero attached hydrogens (tertiary/aromatic N) is 1. The van der Waals surface area contributed by atoms with Crippen molar-refractivity contribution in [2.75, 3.05) is 0 Å². The third kappa shape index (κ3) is 3.43. The van der Waals surface area contributed by atoms with Crippen molar-refractivity contribution in [1.82, 2.24) is 4.57 Å². The van der Waals surface area contributed by atoms with Crippen molar-refractivity contribution in [3.8, 4) is 45.2 Å². The van der Waals surface area contributed by atoms with Gasteiger partial charge in [0, 0.05) is 38.0 Å². The van der Waals surface area contributed by atoms with Crippen LogP contribution in [0.1, 0.15) is 0 Å². The Kier molecular flexibility index (Phi) is 4.89. The second-order valence-corrected chi connectivity index (χ2v) is 12.4. The zero-order valence-corrected chi connectivity index (χ0v) is 25.1. The first-order chi connectivity index (χ1) is 23.3. The summed E-state index contributed by atoms with van der Waals surface area (Å²) in [7, 11) is 0. The molecule has 0 aliphatic carbocycles. The van der Waals surface area contributed by atoms with Crippen molar-refractivity contribution < 1.29 is 13.8 Å². The molecule has 218 valence electrons. The Bertz CT molecular complexity index is 2720. The van der Waals surface area contributed by atoms with Gasteiger partial charge in [-0.1, -0.05) is 97.1 Å². The van der Waals surface area contributed by atoms with E-state index in [0.717, 1.165) is 89.1 Å². The first-order valence-electron chi connectivity index (χ1n) is 16.0. The molecule has 0 saturated heterocycles. The number of hydrogen-bond acceptors (Lipinski definition) is 3. The minimum absolute atomic E-state index is 0.305. The molecule has 0 bridgehead atoms. The lowest BCUT2D eigenvalue weighted by molar-refractivity contribution is 0.477. The molecule has 0 amide bonds. The van der Waals surface area contributed by atoms with Gasteiger partial charge in [0.2, 0.25) is 0 Å². The van der Waals surface area contributed by atoms with Gasteiger partial charge in [-0.15, -0.1) is 0 Å². The minimum Gasteiger partial charge on any atom is -0.551 e. The fourth-order valence-electron chi connectivity index (χ4n) is 7.80. The van der Waals surface area contributed by atoms with Gasteiger partial charge in [0.15, 0.2) is 0 Å². The Morgan fingerprint density at radius 3 is 2.04 bits per heavy atom. The van der Waals surface area contributed by atoms with Crippen LogP contribution >= 0.6 is 0 Å². The lowest BCUT2D eigenvalue weighted by Crippen LogP contribution is -2.53. The third-order valence-electron chi connectivity index (χ3n) is 9.90. The fourth-order valence-corrected chi connectivity index (χ4v) is 7.80. The van der Waals surface area contributed by atoms with Crippen LogP contribution in [0.3, 0.4) is 0 Å². The Labute approximate surface area is 270 Å². The van der Waals surface area contributed by atoms with Crippen molar-refractivity contribution >= 4 is 61.6 Å². The number of hydrogen-bond donors (Lipinski definition) is 0. The summed E-state index contributed by atoms with van der Waals surface area (Å²) in [4.78, 5) is 0. The maximum atomic E-state index is 7.01. The van der Waals surface area contributed by atoms with Crippen LogP contribution in [-0.2, 0) is 0 Å². The van der Waals surface area contributed by atoms with Gasteiger partial charge < -0.3 is 18.4 Å². The molecule has 0 N–H and O–H groups in total. The van der Waals surface area contributed by atoms with Crippen LogP contribution in [0.5, 0.6) is 17.2 Å². The molecule has 5 heteroatoms. The van der Waals surface area contributed by atoms with E-state index in [0.29, 0.717) is 0 Å². The number of benzene rings is 7. The van der Waals surface area contributed by atoms with Crippen molar-refractivity contribution in [3.63, 3.8) is 0 Å². The summed E-state index contributed by atoms with van der Waals surface area (Å²) in [6, 6.07) is 51.1. The molecule has 2 aliphatic rings. The van der Waals surface area contributed by atoms with Crippen LogP contribution in [0.2, 0.25) is 0 Å². The largest absolute Gasteiger partial charge is 0.551 e. The molecule has 0 saturated carbocycles. The zero-order chi connectivity index (χ0) is 30.6. The summed E-state index contributed by atoms with van der Waals surface area (Å²) >= 11 is 0. The predicted molar refractivity (Wildman–Crippen MR) is 191 cm³/mol. The molecule has 9 aromatic rings. The van der Waals surface area contributed by atoms with Gasteiger partial charge in [0.25, 0.3) is 0 Å². The molecule has 0 unspecified atom stereocenters. The van der Waals surface area contributed by atoms with Crippen molar-refractivity contribution in [2.24, 2.45) is 0 Å². The Morgan fingerprint density at radius 2 is 1.19 bits per heavy atom. The zero-order valence-electron chi connectivity index (χ0n) is 25.1. The average Bonchev–Trinajstić information content (AvgIpc) is 3.67. The molecular weight excluding hydrogens is 577 g/mol. The third-order valence-corrected chi connectivity index (χ3v) is 9.90. The number of ether oxygens (including phenoxy) is 1. The maximum absolute atomic E-state index is 7.01. The van der Waals surface area contributed by atoms with E-state index in [2.05, 4.69) is 138 Å². The summed E-state index contributed by atoms with van der Waals surface area (Å²) in [5.41, 5.74) is 11.6. The van der Waals surface area contributed by atoms with E-state index in [4.69, 9.17) is 13.8 Å². The van der Waals surface area contributed by atoms with Crippen LogP contribution in [0, 0.1) is 0 Å². The first-order valence-corrected chi connectivity index (χ1v) is 16.0. The summed E-state index contributed by atoms with van der Waals surface area (Å²) in [6.07, 6.45) is 0. The molecule has 4 heterocycles. The Balaban J connectivity index is 1.08. The van der Waals surface area contributed by atoms with E-state index in [9.17, 15) is 0 Å². The van der Waals surface area contributed by atoms with Gasteiger partial charge in [-0.2, -0.15) is 0 Å². The van der Waals surface area contributed by atoms with Gasteiger partial charge in [0.1, 0.15) is 28.4 Å². The van der Waals surface area contributed by atoms with Gasteiger partial charge in [-0.25, -0.2) is 0 Å². The Morgan fingerprint density at radius 1 is 0.489 bits per heavy atom. The Hall–Kier alpha value is -6.20. The van der Waals surface area contributed by atoms with Crippen molar-refractivity contribution in [2.45, 2.75) is 0 Å². The van der Waals surface area contributed by atoms with Crippen LogP contribution in [0.4, 0.5) is 0 Å². The van der Waals surface area contributed by atoms with E-state index in [1.54, 1.807) is 0 Å². The molecule has 0 fully saturated rings. The van der Waals surface area contributed by atoms with E-state index in [1.165, 1.54) is 10.8 Å². The van der Waals surface area contributed by atoms with E-state index in [1.807, 2.05) is 12.1 Å². The molecule has 47 heavy (non-hydrogen) atoms. The number of aromatic nitrogens is 1. The van der Waals surface area contributed by atoms with Crippen LogP contribution in [-0.4, -0.2) is 11.5 Å². The highest BCUT2D eigenvalue weighted by Crippen LogP contribution is 2.43. The van der Waals surface area contributed by atoms with E-state index < -0.39 is 0 Å². The number of para-hydroxylation sites is 4. The highest BCUT2D eigenvalue weighted by molar-refractivity contribution is 6.84. The summed E-state index contributed by atoms with van der Waals surface area (Å²) < 4.78 is 22.3. The second kappa shape index (κ2) is 9.18. The molecule has 0 radical (unpaired) electrons. The quantitative estimate of drug-likeness (QED) is 0.185. The number of rotatable bonds is 2. The van der Waals surface area contributed by atoms with Crippen molar-refractivity contribution in [1.29, 1.82) is 0 Å². The standard InChI is InChI=1S/C42H24BNO3/c1-4-14-34-27(9-1)28-10-2-5-15-35(28)44(34)36-16-8-13-33-42(36)46-39-18-7-12-31-30-21-19-26(24-40(30)47-43(33)41(31)39)25-20-22-38-32(23-25)29-11-3-6-17-37(29)45-38/h1-24H. The van der Waals surface area contributed by atoms with E-state index in [-0.39, 0.29) is 6.92 Å². The minimum atomic E-state index is -0.305. The molecule has 0 spiro atoms. The number of furan rings is 1. The smallest absolute Gasteiger partial charge is 0.434 e. The van der Waals surface area contributed by atoms with Crippen LogP contribution in [0.15, 0.2) is 150 Å². The van der Waals surface area contributed by atoms with Crippen LogP contribution in [0.25, 0.3) is 71.7 Å². The SMILES string of the molecule is c1cc2c3c(c1)-c1ccc(-c4ccc5oc6ccccc6c5c4)cc1OB3c1cccc(-n3c4ccccc4c4ccccc43)c1O2. The molecular formula is C42H24BNO3. The van der Waals surface area contributed by atoms with Gasteiger partial charge in [-0.3, -0.25) is 0 Å². The van der Waals surface area contributed by atoms with Gasteiger partial charge in [-0.05, 0) is 65.2 Å². The average molecular weight is 601 g/mol. The van der Waals surface area contributed by atoms with Gasteiger partial charge >= 0.3 is 6.92 Å². The topological polar surface area (TPSA) is 36.5 Å². The van der Waals surface area contributed by atoms with Crippen molar-refractivity contribution in [3.05, 3.63) is 146 Å². The maximum Gasteiger partial charge on any atom is 0.434 e. The molecule has 7 aromatic carbocycles. The highest BCUT2D eigenvalue weighted by atomic mass is 16.5. The molecule has 2 aliphatic heterocycles. The predicted octanol–water partition coefficient (Wildman–Crippen LogP) is 9.62. The monoisotopic (exact) mass is 601 g/mol. The summed E-state index contributed by atoms with van der Waals surface area (Å²) in [6.45, 7) is -0.305. The normalized spacial score (nSPS) is 13.0. The molecule has 2 aromatic heterocycles. The summed E-state index contributed by atoms with van der Waals surface area (Å²) in [5.74, 6) is 2.52. The fraction of sp³-hybridized carbons (Fsp3) is 0. The first kappa shape index (κ1) is 25.0. The molecule has 4 nitrogen and oxygen atoms in total.